The van der Waals surface area contributed by atoms with Crippen LogP contribution >= 0.6 is 11.3 Å². The third-order valence-corrected chi connectivity index (χ3v) is 6.19. The Bertz CT molecular complexity index is 981. The van der Waals surface area contributed by atoms with Gasteiger partial charge in [0.05, 0.1) is 11.4 Å². The summed E-state index contributed by atoms with van der Waals surface area (Å²) in [7, 11) is 0. The van der Waals surface area contributed by atoms with E-state index in [1.165, 1.54) is 22.5 Å². The maximum Gasteiger partial charge on any atom is 0.264 e. The smallest absolute Gasteiger partial charge is 0.264 e. The summed E-state index contributed by atoms with van der Waals surface area (Å²) < 4.78 is 0. The fourth-order valence-electron chi connectivity index (χ4n) is 3.66. The highest BCUT2D eigenvalue weighted by Crippen LogP contribution is 2.19. The lowest BCUT2D eigenvalue weighted by atomic mass is 10.0. The van der Waals surface area contributed by atoms with Gasteiger partial charge in [-0.2, -0.15) is 0 Å². The quantitative estimate of drug-likeness (QED) is 0.662. The standard InChI is InChI=1S/C24H25N3O2S/c28-23(26-12-14-27(15-13-26)24(29)22-11-6-16-30-22)18-25-21-10-5-4-9-20(21)17-19-7-2-1-3-8-19/h1-11,16,25H,12-15,17-18H2. The van der Waals surface area contributed by atoms with Crippen LogP contribution in [0.5, 0.6) is 0 Å². The van der Waals surface area contributed by atoms with Gasteiger partial charge < -0.3 is 15.1 Å². The number of piperazine rings is 1. The molecule has 6 heteroatoms. The van der Waals surface area contributed by atoms with Gasteiger partial charge in [0.1, 0.15) is 0 Å². The lowest BCUT2D eigenvalue weighted by Gasteiger charge is -2.34. The van der Waals surface area contributed by atoms with E-state index < -0.39 is 0 Å². The molecule has 4 rings (SSSR count). The molecule has 0 saturated carbocycles. The molecular formula is C24H25N3O2S. The first-order chi connectivity index (χ1) is 14.7. The van der Waals surface area contributed by atoms with Crippen molar-refractivity contribution < 1.29 is 9.59 Å². The summed E-state index contributed by atoms with van der Waals surface area (Å²) in [5.41, 5.74) is 3.40. The summed E-state index contributed by atoms with van der Waals surface area (Å²) in [6, 6.07) is 22.2. The molecule has 1 saturated heterocycles. The molecule has 2 amide bonds. The fourth-order valence-corrected chi connectivity index (χ4v) is 4.35. The Hall–Kier alpha value is -3.12. The van der Waals surface area contributed by atoms with Gasteiger partial charge in [-0.15, -0.1) is 11.3 Å². The Morgan fingerprint density at radius 2 is 1.53 bits per heavy atom. The van der Waals surface area contributed by atoms with Crippen molar-refractivity contribution in [3.05, 3.63) is 88.1 Å². The van der Waals surface area contributed by atoms with E-state index in [1.54, 1.807) is 0 Å². The van der Waals surface area contributed by atoms with Gasteiger partial charge in [-0.3, -0.25) is 9.59 Å². The molecule has 1 aromatic heterocycles. The second-order valence-corrected chi connectivity index (χ2v) is 8.27. The molecule has 2 aromatic carbocycles. The SMILES string of the molecule is O=C(CNc1ccccc1Cc1ccccc1)N1CCN(C(=O)c2cccs2)CC1. The molecule has 1 aliphatic rings. The van der Waals surface area contributed by atoms with Gasteiger partial charge in [0.2, 0.25) is 5.91 Å². The Morgan fingerprint density at radius 3 is 2.27 bits per heavy atom. The highest BCUT2D eigenvalue weighted by atomic mass is 32.1. The maximum atomic E-state index is 12.7. The number of hydrogen-bond donors (Lipinski definition) is 1. The van der Waals surface area contributed by atoms with Gasteiger partial charge in [0.15, 0.2) is 0 Å². The van der Waals surface area contributed by atoms with Gasteiger partial charge >= 0.3 is 0 Å². The Labute approximate surface area is 180 Å². The van der Waals surface area contributed by atoms with Gasteiger partial charge in [-0.05, 0) is 35.1 Å². The fraction of sp³-hybridized carbons (Fsp3) is 0.250. The van der Waals surface area contributed by atoms with Crippen LogP contribution in [0.15, 0.2) is 72.1 Å². The second-order valence-electron chi connectivity index (χ2n) is 7.32. The minimum Gasteiger partial charge on any atom is -0.376 e. The molecule has 0 aliphatic carbocycles. The van der Waals surface area contributed by atoms with Gasteiger partial charge in [-0.1, -0.05) is 54.6 Å². The molecule has 0 bridgehead atoms. The lowest BCUT2D eigenvalue weighted by molar-refractivity contribution is -0.130. The number of anilines is 1. The molecule has 0 unspecified atom stereocenters. The van der Waals surface area contributed by atoms with Crippen LogP contribution in [0.25, 0.3) is 0 Å². The predicted octanol–water partition coefficient (Wildman–Crippen LogP) is 3.74. The number of carbonyl (C=O) groups is 2. The van der Waals surface area contributed by atoms with Crippen LogP contribution in [0.3, 0.4) is 0 Å². The summed E-state index contributed by atoms with van der Waals surface area (Å²) in [5.74, 6) is 0.123. The van der Waals surface area contributed by atoms with Crippen molar-refractivity contribution in [2.24, 2.45) is 0 Å². The van der Waals surface area contributed by atoms with Gasteiger partial charge in [0.25, 0.3) is 5.91 Å². The van der Waals surface area contributed by atoms with E-state index in [0.29, 0.717) is 26.2 Å². The third kappa shape index (κ3) is 4.89. The zero-order chi connectivity index (χ0) is 20.8. The summed E-state index contributed by atoms with van der Waals surface area (Å²) in [6.07, 6.45) is 0.821. The van der Waals surface area contributed by atoms with E-state index in [-0.39, 0.29) is 18.4 Å². The Morgan fingerprint density at radius 1 is 0.833 bits per heavy atom. The molecular weight excluding hydrogens is 394 g/mol. The minimum absolute atomic E-state index is 0.0602. The van der Waals surface area contributed by atoms with Crippen molar-refractivity contribution in [1.29, 1.82) is 0 Å². The van der Waals surface area contributed by atoms with Crippen LogP contribution in [0.4, 0.5) is 5.69 Å². The first-order valence-electron chi connectivity index (χ1n) is 10.2. The molecule has 154 valence electrons. The van der Waals surface area contributed by atoms with Crippen molar-refractivity contribution in [2.45, 2.75) is 6.42 Å². The number of benzene rings is 2. The van der Waals surface area contributed by atoms with Crippen LogP contribution in [-0.2, 0) is 11.2 Å². The van der Waals surface area contributed by atoms with E-state index in [4.69, 9.17) is 0 Å². The number of nitrogens with one attached hydrogen (secondary N) is 1. The predicted molar refractivity (Wildman–Crippen MR) is 121 cm³/mol. The number of nitrogens with zero attached hydrogens (tertiary/aromatic N) is 2. The number of hydrogen-bond acceptors (Lipinski definition) is 4. The molecule has 1 N–H and O–H groups in total. The molecule has 2 heterocycles. The number of para-hydroxylation sites is 1. The third-order valence-electron chi connectivity index (χ3n) is 5.34. The lowest BCUT2D eigenvalue weighted by Crippen LogP contribution is -2.51. The Kier molecular flexibility index (Phi) is 6.44. The van der Waals surface area contributed by atoms with Crippen LogP contribution in [0.2, 0.25) is 0 Å². The molecule has 0 spiro atoms. The molecule has 30 heavy (non-hydrogen) atoms. The highest BCUT2D eigenvalue weighted by Gasteiger charge is 2.25. The van der Waals surface area contributed by atoms with Gasteiger partial charge in [-0.25, -0.2) is 0 Å². The summed E-state index contributed by atoms with van der Waals surface area (Å²) in [6.45, 7) is 2.55. The largest absolute Gasteiger partial charge is 0.376 e. The van der Waals surface area contributed by atoms with Crippen LogP contribution < -0.4 is 5.32 Å². The first kappa shape index (κ1) is 20.2. The van der Waals surface area contributed by atoms with Crippen LogP contribution in [0.1, 0.15) is 20.8 Å². The normalized spacial score (nSPS) is 13.9. The average Bonchev–Trinajstić information content (AvgIpc) is 3.34. The second kappa shape index (κ2) is 9.59. The zero-order valence-corrected chi connectivity index (χ0v) is 17.6. The van der Waals surface area contributed by atoms with E-state index in [2.05, 4.69) is 23.5 Å². The molecule has 0 radical (unpaired) electrons. The van der Waals surface area contributed by atoms with Crippen molar-refractivity contribution in [1.82, 2.24) is 9.80 Å². The molecule has 1 aliphatic heterocycles. The molecule has 3 aromatic rings. The number of amides is 2. The van der Waals surface area contributed by atoms with E-state index in [9.17, 15) is 9.59 Å². The van der Waals surface area contributed by atoms with Crippen molar-refractivity contribution in [3.63, 3.8) is 0 Å². The topological polar surface area (TPSA) is 52.7 Å². The molecule has 5 nitrogen and oxygen atoms in total. The summed E-state index contributed by atoms with van der Waals surface area (Å²) in [5, 5.41) is 5.23. The van der Waals surface area contributed by atoms with Crippen molar-refractivity contribution in [3.8, 4) is 0 Å². The van der Waals surface area contributed by atoms with Crippen LogP contribution in [-0.4, -0.2) is 54.3 Å². The van der Waals surface area contributed by atoms with E-state index >= 15 is 0 Å². The van der Waals surface area contributed by atoms with Gasteiger partial charge in [0, 0.05) is 31.9 Å². The highest BCUT2D eigenvalue weighted by molar-refractivity contribution is 7.12. The van der Waals surface area contributed by atoms with Crippen LogP contribution in [0, 0.1) is 0 Å². The minimum atomic E-state index is 0.0602. The maximum absolute atomic E-state index is 12.7. The first-order valence-corrected chi connectivity index (χ1v) is 11.0. The summed E-state index contributed by atoms with van der Waals surface area (Å²) in [4.78, 5) is 29.6. The number of rotatable bonds is 6. The summed E-state index contributed by atoms with van der Waals surface area (Å²) >= 11 is 1.46. The number of thiophene rings is 1. The average molecular weight is 420 g/mol. The zero-order valence-electron chi connectivity index (χ0n) is 16.8. The van der Waals surface area contributed by atoms with Crippen molar-refractivity contribution >= 4 is 28.8 Å². The Balaban J connectivity index is 1.30. The van der Waals surface area contributed by atoms with Crippen molar-refractivity contribution in [2.75, 3.05) is 38.0 Å². The molecule has 1 fully saturated rings. The monoisotopic (exact) mass is 419 g/mol. The molecule has 0 atom stereocenters. The number of carbonyl (C=O) groups excluding carboxylic acids is 2. The van der Waals surface area contributed by atoms with E-state index in [0.717, 1.165) is 17.0 Å². The van der Waals surface area contributed by atoms with E-state index in [1.807, 2.05) is 63.7 Å².